The summed E-state index contributed by atoms with van der Waals surface area (Å²) in [6, 6.07) is 11.1. The van der Waals surface area contributed by atoms with Gasteiger partial charge in [0.05, 0.1) is 15.1 Å². The normalized spacial score (nSPS) is 15.5. The van der Waals surface area contributed by atoms with Crippen molar-refractivity contribution >= 4 is 31.6 Å². The number of rotatable bonds is 6. The maximum atomic E-state index is 13.1. The highest BCUT2D eigenvalue weighted by Crippen LogP contribution is 2.28. The number of hydrogen-bond donors (Lipinski definition) is 1. The van der Waals surface area contributed by atoms with Crippen molar-refractivity contribution in [3.05, 3.63) is 62.8 Å². The van der Waals surface area contributed by atoms with Gasteiger partial charge in [-0.05, 0) is 80.8 Å². The van der Waals surface area contributed by atoms with E-state index >= 15 is 0 Å². The van der Waals surface area contributed by atoms with E-state index in [9.17, 15) is 13.2 Å². The van der Waals surface area contributed by atoms with Gasteiger partial charge in [-0.15, -0.1) is 0 Å². The number of fused-ring (bicyclic) bond motifs is 2. The quantitative estimate of drug-likeness (QED) is 0.585. The fraction of sp³-hybridized carbons (Fsp3) is 0.435. The summed E-state index contributed by atoms with van der Waals surface area (Å²) in [5.74, 6) is 0. The Balaban J connectivity index is 1.65. The summed E-state index contributed by atoms with van der Waals surface area (Å²) in [6.45, 7) is 5.89. The van der Waals surface area contributed by atoms with E-state index in [1.165, 1.54) is 24.0 Å². The zero-order valence-electron chi connectivity index (χ0n) is 17.6. The molecule has 1 N–H and O–H groups in total. The maximum Gasteiger partial charge on any atom is 0.308 e. The largest absolute Gasteiger partial charge is 0.308 e. The summed E-state index contributed by atoms with van der Waals surface area (Å²) in [4.78, 5) is 12.4. The molecule has 0 saturated carbocycles. The molecule has 0 bridgehead atoms. The van der Waals surface area contributed by atoms with E-state index in [4.69, 9.17) is 0 Å². The maximum absolute atomic E-state index is 13.1. The van der Waals surface area contributed by atoms with Gasteiger partial charge >= 0.3 is 4.87 Å². The van der Waals surface area contributed by atoms with E-state index in [-0.39, 0.29) is 21.9 Å². The standard InChI is InChI=1S/C23H28N2O3S2/c1-4-20(18-10-9-16-7-5-6-8-17(16)13-18)24-30(27,28)19-11-12-21-22(14-19)29-23(26)25(21)15(2)3/h9-15,20,24H,4-8H2,1-3H3/t20-/m0/s1. The van der Waals surface area contributed by atoms with Gasteiger partial charge < -0.3 is 0 Å². The van der Waals surface area contributed by atoms with Gasteiger partial charge in [0.1, 0.15) is 0 Å². The number of benzene rings is 2. The molecule has 0 unspecified atom stereocenters. The molecule has 1 aliphatic rings. The molecule has 5 nitrogen and oxygen atoms in total. The minimum atomic E-state index is -3.71. The van der Waals surface area contributed by atoms with Crippen molar-refractivity contribution in [3.63, 3.8) is 0 Å². The molecule has 4 rings (SSSR count). The lowest BCUT2D eigenvalue weighted by Crippen LogP contribution is -2.28. The first-order chi connectivity index (χ1) is 14.3. The second-order valence-electron chi connectivity index (χ2n) is 8.28. The zero-order chi connectivity index (χ0) is 21.5. The van der Waals surface area contributed by atoms with Crippen molar-refractivity contribution in [2.45, 2.75) is 69.9 Å². The number of sulfonamides is 1. The van der Waals surface area contributed by atoms with E-state index in [0.717, 1.165) is 35.3 Å². The first kappa shape index (κ1) is 21.3. The first-order valence-electron chi connectivity index (χ1n) is 10.6. The summed E-state index contributed by atoms with van der Waals surface area (Å²) < 4.78 is 31.6. The molecule has 1 atom stereocenters. The Morgan fingerprint density at radius 3 is 2.50 bits per heavy atom. The molecule has 0 radical (unpaired) electrons. The van der Waals surface area contributed by atoms with Gasteiger partial charge in [-0.2, -0.15) is 0 Å². The first-order valence-corrected chi connectivity index (χ1v) is 12.9. The predicted molar refractivity (Wildman–Crippen MR) is 123 cm³/mol. The van der Waals surface area contributed by atoms with Crippen LogP contribution in [0, 0.1) is 0 Å². The summed E-state index contributed by atoms with van der Waals surface area (Å²) in [5, 5.41) is 0. The summed E-state index contributed by atoms with van der Waals surface area (Å²) >= 11 is 1.09. The van der Waals surface area contributed by atoms with Crippen molar-refractivity contribution in [1.29, 1.82) is 0 Å². The fourth-order valence-electron chi connectivity index (χ4n) is 4.29. The minimum Gasteiger partial charge on any atom is -0.296 e. The molecule has 0 spiro atoms. The lowest BCUT2D eigenvalue weighted by atomic mass is 9.89. The minimum absolute atomic E-state index is 0.0281. The van der Waals surface area contributed by atoms with Crippen molar-refractivity contribution in [3.8, 4) is 0 Å². The van der Waals surface area contributed by atoms with Crippen LogP contribution in [0.25, 0.3) is 10.2 Å². The van der Waals surface area contributed by atoms with Crippen LogP contribution in [0.1, 0.15) is 68.8 Å². The second-order valence-corrected chi connectivity index (χ2v) is 11.0. The molecule has 0 fully saturated rings. The Morgan fingerprint density at radius 1 is 1.07 bits per heavy atom. The molecule has 3 aromatic rings. The SMILES string of the molecule is CC[C@H](NS(=O)(=O)c1ccc2c(c1)sc(=O)n2C(C)C)c1ccc2c(c1)CCCC2. The lowest BCUT2D eigenvalue weighted by Gasteiger charge is -2.21. The average molecular weight is 445 g/mol. The van der Waals surface area contributed by atoms with Gasteiger partial charge in [-0.3, -0.25) is 9.36 Å². The van der Waals surface area contributed by atoms with Gasteiger partial charge in [0.2, 0.25) is 10.0 Å². The van der Waals surface area contributed by atoms with Crippen LogP contribution in [0.5, 0.6) is 0 Å². The average Bonchev–Trinajstić information content (AvgIpc) is 3.06. The topological polar surface area (TPSA) is 68.2 Å². The van der Waals surface area contributed by atoms with Crippen LogP contribution in [0.15, 0.2) is 46.1 Å². The van der Waals surface area contributed by atoms with Gasteiger partial charge in [-0.1, -0.05) is 36.5 Å². The number of aryl methyl sites for hydroxylation is 2. The molecule has 30 heavy (non-hydrogen) atoms. The van der Waals surface area contributed by atoms with Crippen LogP contribution < -0.4 is 9.60 Å². The Hall–Kier alpha value is -1.96. The smallest absolute Gasteiger partial charge is 0.296 e. The Kier molecular flexibility index (Phi) is 5.88. The van der Waals surface area contributed by atoms with E-state index in [2.05, 4.69) is 22.9 Å². The Bertz CT molecular complexity index is 1240. The van der Waals surface area contributed by atoms with Gasteiger partial charge in [-0.25, -0.2) is 13.1 Å². The van der Waals surface area contributed by atoms with Crippen molar-refractivity contribution in [1.82, 2.24) is 9.29 Å². The lowest BCUT2D eigenvalue weighted by molar-refractivity contribution is 0.549. The van der Waals surface area contributed by atoms with E-state index in [0.29, 0.717) is 11.1 Å². The van der Waals surface area contributed by atoms with Crippen LogP contribution in [-0.4, -0.2) is 13.0 Å². The zero-order valence-corrected chi connectivity index (χ0v) is 19.3. The third-order valence-electron chi connectivity index (χ3n) is 5.89. The van der Waals surface area contributed by atoms with Gasteiger partial charge in [0, 0.05) is 12.1 Å². The van der Waals surface area contributed by atoms with E-state index < -0.39 is 10.0 Å². The van der Waals surface area contributed by atoms with E-state index in [1.807, 2.05) is 20.8 Å². The van der Waals surface area contributed by atoms with Crippen LogP contribution in [0.3, 0.4) is 0 Å². The summed E-state index contributed by atoms with van der Waals surface area (Å²) in [6.07, 6.45) is 5.25. The van der Waals surface area contributed by atoms with Crippen LogP contribution >= 0.6 is 11.3 Å². The van der Waals surface area contributed by atoms with Crippen molar-refractivity contribution in [2.24, 2.45) is 0 Å². The second kappa shape index (κ2) is 8.29. The van der Waals surface area contributed by atoms with E-state index in [1.54, 1.807) is 22.8 Å². The van der Waals surface area contributed by atoms with Crippen LogP contribution in [-0.2, 0) is 22.9 Å². The number of hydrogen-bond acceptors (Lipinski definition) is 4. The predicted octanol–water partition coefficient (Wildman–Crippen LogP) is 4.95. The van der Waals surface area contributed by atoms with Crippen LogP contribution in [0.4, 0.5) is 0 Å². The van der Waals surface area contributed by atoms with Crippen molar-refractivity contribution in [2.75, 3.05) is 0 Å². The highest BCUT2D eigenvalue weighted by molar-refractivity contribution is 7.89. The van der Waals surface area contributed by atoms with Gasteiger partial charge in [0.15, 0.2) is 0 Å². The molecule has 1 heterocycles. The molecule has 7 heteroatoms. The number of nitrogens with zero attached hydrogens (tertiary/aromatic N) is 1. The summed E-state index contributed by atoms with van der Waals surface area (Å²) in [5.41, 5.74) is 4.52. The molecule has 1 aromatic heterocycles. The highest BCUT2D eigenvalue weighted by Gasteiger charge is 2.23. The molecule has 0 saturated heterocycles. The Morgan fingerprint density at radius 2 is 1.80 bits per heavy atom. The Labute approximate surface area is 181 Å². The molecule has 2 aromatic carbocycles. The van der Waals surface area contributed by atoms with Gasteiger partial charge in [0.25, 0.3) is 0 Å². The third-order valence-corrected chi connectivity index (χ3v) is 8.28. The fourth-order valence-corrected chi connectivity index (χ4v) is 6.75. The number of nitrogens with one attached hydrogen (secondary N) is 1. The third kappa shape index (κ3) is 3.98. The molecule has 0 amide bonds. The highest BCUT2D eigenvalue weighted by atomic mass is 32.2. The molecular formula is C23H28N2O3S2. The molecule has 160 valence electrons. The summed E-state index contributed by atoms with van der Waals surface area (Å²) in [7, 11) is -3.71. The molecule has 0 aliphatic heterocycles. The number of aromatic nitrogens is 1. The molecule has 1 aliphatic carbocycles. The monoisotopic (exact) mass is 444 g/mol. The van der Waals surface area contributed by atoms with Crippen LogP contribution in [0.2, 0.25) is 0 Å². The molecular weight excluding hydrogens is 416 g/mol. The number of thiazole rings is 1. The van der Waals surface area contributed by atoms with Crippen molar-refractivity contribution < 1.29 is 8.42 Å².